The average molecular weight is 739 g/mol. The Balaban J connectivity index is 1.13. The van der Waals surface area contributed by atoms with Crippen LogP contribution < -0.4 is 20.3 Å². The number of aliphatic hydroxyl groups excluding tert-OH is 1. The number of carbonyl (C=O) groups excluding carboxylic acids is 2. The molecule has 0 radical (unpaired) electrons. The van der Waals surface area contributed by atoms with Crippen LogP contribution in [0.5, 0.6) is 5.75 Å². The summed E-state index contributed by atoms with van der Waals surface area (Å²) < 4.78 is 14.4. The zero-order valence-electron chi connectivity index (χ0n) is 30.9. The fourth-order valence-corrected chi connectivity index (χ4v) is 11.3. The van der Waals surface area contributed by atoms with E-state index in [0.717, 1.165) is 47.5 Å². The minimum atomic E-state index is -2.89. The van der Waals surface area contributed by atoms with Crippen molar-refractivity contribution < 1.29 is 29.0 Å². The molecule has 3 aliphatic heterocycles. The lowest BCUT2D eigenvalue weighted by molar-refractivity contribution is -0.146. The van der Waals surface area contributed by atoms with E-state index in [1.807, 2.05) is 99.0 Å². The second-order valence-electron chi connectivity index (χ2n) is 15.2. The number of fused-ring (bicyclic) bond motifs is 2. The molecule has 2 fully saturated rings. The molecular formula is C40H50N6O6Si. The molecule has 0 bridgehead atoms. The lowest BCUT2D eigenvalue weighted by atomic mass is 9.82. The number of anilines is 2. The Morgan fingerprint density at radius 2 is 1.92 bits per heavy atom. The summed E-state index contributed by atoms with van der Waals surface area (Å²) in [5.74, 6) is -0.211. The minimum Gasteiger partial charge on any atom is -0.497 e. The zero-order valence-corrected chi connectivity index (χ0v) is 31.9. The quantitative estimate of drug-likeness (QED) is 0.151. The van der Waals surface area contributed by atoms with Crippen LogP contribution in [0.25, 0.3) is 0 Å². The van der Waals surface area contributed by atoms with Gasteiger partial charge in [-0.1, -0.05) is 54.6 Å². The lowest BCUT2D eigenvalue weighted by Gasteiger charge is -2.32. The smallest absolute Gasteiger partial charge is 0.264 e. The Hall–Kier alpha value is -4.40. The second-order valence-corrected chi connectivity index (χ2v) is 19.2. The van der Waals surface area contributed by atoms with Gasteiger partial charge in [-0.3, -0.25) is 14.3 Å². The van der Waals surface area contributed by atoms with E-state index in [-0.39, 0.29) is 41.7 Å². The van der Waals surface area contributed by atoms with Crippen molar-refractivity contribution in [2.75, 3.05) is 37.0 Å². The second kappa shape index (κ2) is 15.1. The Labute approximate surface area is 311 Å². The number of benzene rings is 3. The highest BCUT2D eigenvalue weighted by atomic mass is 28.4. The number of hydrogen-bond acceptors (Lipinski definition) is 9. The number of amides is 2. The normalized spacial score (nSPS) is 24.7. The van der Waals surface area contributed by atoms with Crippen molar-refractivity contribution in [3.05, 3.63) is 101 Å². The van der Waals surface area contributed by atoms with E-state index in [1.165, 1.54) is 0 Å². The molecule has 1 spiro atoms. The molecule has 53 heavy (non-hydrogen) atoms. The van der Waals surface area contributed by atoms with Crippen LogP contribution in [-0.4, -0.2) is 77.9 Å². The Morgan fingerprint density at radius 1 is 1.15 bits per heavy atom. The van der Waals surface area contributed by atoms with Crippen molar-refractivity contribution in [1.29, 1.82) is 0 Å². The molecule has 0 saturated carbocycles. The fraction of sp³-hybridized carbons (Fsp3) is 0.450. The fourth-order valence-electron chi connectivity index (χ4n) is 8.70. The minimum absolute atomic E-state index is 0.0159. The van der Waals surface area contributed by atoms with Crippen LogP contribution in [0.15, 0.2) is 79.0 Å². The molecule has 280 valence electrons. The first-order valence-corrected chi connectivity index (χ1v) is 21.6. The molecule has 0 aliphatic carbocycles. The van der Waals surface area contributed by atoms with Gasteiger partial charge in [-0.2, -0.15) is 0 Å². The van der Waals surface area contributed by atoms with Crippen molar-refractivity contribution in [3.8, 4) is 5.75 Å². The number of hydrogen-bond donors (Lipinski definition) is 4. The molecule has 2 saturated heterocycles. The van der Waals surface area contributed by atoms with Crippen LogP contribution in [0.3, 0.4) is 0 Å². The van der Waals surface area contributed by atoms with Crippen molar-refractivity contribution in [1.82, 2.24) is 20.3 Å². The number of aryl methyl sites for hydroxylation is 1. The number of carbonyl (C=O) groups is 2. The van der Waals surface area contributed by atoms with E-state index in [9.17, 15) is 19.5 Å². The molecular weight excluding hydrogens is 689 g/mol. The van der Waals surface area contributed by atoms with Gasteiger partial charge in [-0.25, -0.2) is 0 Å². The van der Waals surface area contributed by atoms with Gasteiger partial charge in [0, 0.05) is 42.0 Å². The van der Waals surface area contributed by atoms with Gasteiger partial charge in [0.15, 0.2) is 13.9 Å². The molecule has 4 aromatic rings. The van der Waals surface area contributed by atoms with E-state index >= 15 is 0 Å². The third kappa shape index (κ3) is 7.16. The van der Waals surface area contributed by atoms with Crippen molar-refractivity contribution >= 4 is 31.5 Å². The Morgan fingerprint density at radius 3 is 2.60 bits per heavy atom. The first-order valence-electron chi connectivity index (χ1n) is 18.6. The number of piperidine rings is 1. The van der Waals surface area contributed by atoms with Crippen molar-refractivity contribution in [2.24, 2.45) is 11.8 Å². The van der Waals surface area contributed by atoms with E-state index in [0.29, 0.717) is 37.5 Å². The van der Waals surface area contributed by atoms with Crippen LogP contribution >= 0.6 is 0 Å². The van der Waals surface area contributed by atoms with Gasteiger partial charge in [-0.05, 0) is 80.4 Å². The van der Waals surface area contributed by atoms with Gasteiger partial charge in [0.2, 0.25) is 5.91 Å². The number of rotatable bonds is 12. The molecule has 13 heteroatoms. The van der Waals surface area contributed by atoms with E-state index in [2.05, 4.69) is 20.9 Å². The number of nitrogens with one attached hydrogen (secondary N) is 2. The molecule has 2 amide bonds. The highest BCUT2D eigenvalue weighted by Crippen LogP contribution is 2.60. The van der Waals surface area contributed by atoms with Gasteiger partial charge in [-0.15, -0.1) is 5.10 Å². The third-order valence-corrected chi connectivity index (χ3v) is 13.9. The summed E-state index contributed by atoms with van der Waals surface area (Å²) >= 11 is 0. The predicted octanol–water partition coefficient (Wildman–Crippen LogP) is 4.78. The third-order valence-electron chi connectivity index (χ3n) is 11.4. The first-order chi connectivity index (χ1) is 25.5. The summed E-state index contributed by atoms with van der Waals surface area (Å²) in [6, 6.07) is 23.0. The van der Waals surface area contributed by atoms with Crippen molar-refractivity contribution in [2.45, 2.75) is 75.5 Å². The predicted molar refractivity (Wildman–Crippen MR) is 204 cm³/mol. The summed E-state index contributed by atoms with van der Waals surface area (Å²) in [4.78, 5) is 41.3. The molecule has 3 aliphatic rings. The Kier molecular flexibility index (Phi) is 10.6. The maximum atomic E-state index is 14.9. The first kappa shape index (κ1) is 36.9. The highest BCUT2D eigenvalue weighted by Gasteiger charge is 2.66. The van der Waals surface area contributed by atoms with Crippen LogP contribution in [-0.2, 0) is 33.0 Å². The number of nitrogens with zero attached hydrogens (tertiary/aromatic N) is 4. The summed E-state index contributed by atoms with van der Waals surface area (Å²) in [5.41, 5.74) is 3.16. The standard InChI is InChI=1S/C40H50N6O6Si/c1-26-37(53(3,4)50)36(18-20-45-24-34(43-44-45)32(25-47)28-9-6-5-7-10-28)52-40(26)33-21-31(51-2)16-17-35(33)46(39(40)49)23-27-12-14-30(15-13-27)42-38(48)29-11-8-19-41-22-29/h5-7,9-10,12-17,21,24,26,29,32,36-37,41,47,50H,8,11,18-20,22-23,25H2,1-4H3,(H,42,48)/t26-,29?,32?,36+,37-,40+/m1/s1. The summed E-state index contributed by atoms with van der Waals surface area (Å²) in [7, 11) is -1.28. The van der Waals surface area contributed by atoms with Gasteiger partial charge in [0.1, 0.15) is 5.75 Å². The zero-order chi connectivity index (χ0) is 37.3. The van der Waals surface area contributed by atoms with Gasteiger partial charge >= 0.3 is 0 Å². The maximum absolute atomic E-state index is 14.9. The monoisotopic (exact) mass is 738 g/mol. The molecule has 12 nitrogen and oxygen atoms in total. The van der Waals surface area contributed by atoms with E-state index < -0.39 is 20.0 Å². The van der Waals surface area contributed by atoms with E-state index in [1.54, 1.807) is 16.7 Å². The largest absolute Gasteiger partial charge is 0.497 e. The van der Waals surface area contributed by atoms with Gasteiger partial charge in [0.05, 0.1) is 49.6 Å². The highest BCUT2D eigenvalue weighted by molar-refractivity contribution is 6.71. The van der Waals surface area contributed by atoms with Crippen LogP contribution in [0.4, 0.5) is 11.4 Å². The molecule has 6 atom stereocenters. The molecule has 1 aromatic heterocycles. The molecule has 4 N–H and O–H groups in total. The van der Waals surface area contributed by atoms with Crippen LogP contribution in [0.2, 0.25) is 18.6 Å². The molecule has 4 heterocycles. The maximum Gasteiger partial charge on any atom is 0.264 e. The molecule has 2 unspecified atom stereocenters. The summed E-state index contributed by atoms with van der Waals surface area (Å²) in [6.45, 7) is 8.15. The number of ether oxygens (including phenoxy) is 2. The number of methoxy groups -OCH3 is 1. The van der Waals surface area contributed by atoms with Crippen LogP contribution in [0, 0.1) is 11.8 Å². The molecule has 3 aromatic carbocycles. The van der Waals surface area contributed by atoms with Gasteiger partial charge in [0.25, 0.3) is 5.91 Å². The average Bonchev–Trinajstić information content (AvgIpc) is 3.82. The number of aromatic nitrogens is 3. The van der Waals surface area contributed by atoms with Crippen LogP contribution in [0.1, 0.15) is 54.5 Å². The lowest BCUT2D eigenvalue weighted by Crippen LogP contribution is -2.46. The number of aliphatic hydroxyl groups is 1. The van der Waals surface area contributed by atoms with Crippen molar-refractivity contribution in [3.63, 3.8) is 0 Å². The topological polar surface area (TPSA) is 151 Å². The molecule has 7 rings (SSSR count). The Bertz CT molecular complexity index is 1910. The summed E-state index contributed by atoms with van der Waals surface area (Å²) in [5, 5.41) is 25.3. The SMILES string of the molecule is COc1ccc2c(c1)[C@]1(O[C@@H](CCn3cc(C(CO)c4ccccc4)nn3)[C@H]([Si](C)(C)O)[C@H]1C)C(=O)N2Cc1ccc(NC(=O)C2CCCNC2)cc1. The van der Waals surface area contributed by atoms with E-state index in [4.69, 9.17) is 9.47 Å². The summed E-state index contributed by atoms with van der Waals surface area (Å²) in [6.07, 6.45) is 3.78. The van der Waals surface area contributed by atoms with Gasteiger partial charge < -0.3 is 34.9 Å².